The minimum atomic E-state index is -0.997. The molecule has 2 aromatic rings. The van der Waals surface area contributed by atoms with Crippen LogP contribution in [0, 0.1) is 0 Å². The van der Waals surface area contributed by atoms with E-state index in [1.165, 1.54) is 12.2 Å². The number of aliphatic carboxylic acids is 1. The van der Waals surface area contributed by atoms with E-state index in [2.05, 4.69) is 5.32 Å². The van der Waals surface area contributed by atoms with E-state index in [0.29, 0.717) is 5.69 Å². The van der Waals surface area contributed by atoms with Gasteiger partial charge in [-0.2, -0.15) is 0 Å². The molecule has 0 aliphatic carbocycles. The molecule has 0 spiro atoms. The van der Waals surface area contributed by atoms with Crippen molar-refractivity contribution in [1.82, 2.24) is 0 Å². The van der Waals surface area contributed by atoms with Crippen LogP contribution in [0.2, 0.25) is 0 Å². The van der Waals surface area contributed by atoms with Crippen LogP contribution < -0.4 is 5.32 Å². The molecule has 0 fully saturated rings. The Kier molecular flexibility index (Phi) is 5.26. The first-order chi connectivity index (χ1) is 10.6. The smallest absolute Gasteiger partial charge is 0.328 e. The second-order valence-electron chi connectivity index (χ2n) is 4.53. The van der Waals surface area contributed by atoms with Gasteiger partial charge in [0.15, 0.2) is 0 Å². The zero-order chi connectivity index (χ0) is 15.8. The van der Waals surface area contributed by atoms with Gasteiger partial charge in [0.05, 0.1) is 0 Å². The number of carbonyl (C=O) groups excluding carboxylic acids is 1. The van der Waals surface area contributed by atoms with E-state index in [-0.39, 0.29) is 5.91 Å². The van der Waals surface area contributed by atoms with Gasteiger partial charge in [-0.25, -0.2) is 4.79 Å². The summed E-state index contributed by atoms with van der Waals surface area (Å²) < 4.78 is 0. The number of rotatable bonds is 5. The number of carboxylic acid groups (broad SMARTS) is 1. The Morgan fingerprint density at radius 2 is 1.41 bits per heavy atom. The molecule has 0 radical (unpaired) electrons. The minimum Gasteiger partial charge on any atom is -0.478 e. The zero-order valence-corrected chi connectivity index (χ0v) is 11.8. The van der Waals surface area contributed by atoms with E-state index in [9.17, 15) is 9.59 Å². The number of benzene rings is 2. The largest absolute Gasteiger partial charge is 0.478 e. The fourth-order valence-corrected chi connectivity index (χ4v) is 1.77. The molecular weight excluding hydrogens is 278 g/mol. The fourth-order valence-electron chi connectivity index (χ4n) is 1.77. The lowest BCUT2D eigenvalue weighted by molar-refractivity contribution is -0.131. The number of hydrogen-bond acceptors (Lipinski definition) is 2. The van der Waals surface area contributed by atoms with Gasteiger partial charge in [0.25, 0.3) is 0 Å². The van der Waals surface area contributed by atoms with Gasteiger partial charge in [0, 0.05) is 17.8 Å². The summed E-state index contributed by atoms with van der Waals surface area (Å²) >= 11 is 0. The maximum atomic E-state index is 11.8. The van der Waals surface area contributed by atoms with Crippen molar-refractivity contribution in [2.45, 2.75) is 0 Å². The lowest BCUT2D eigenvalue weighted by Gasteiger charge is -2.02. The lowest BCUT2D eigenvalue weighted by atomic mass is 10.2. The van der Waals surface area contributed by atoms with Crippen LogP contribution in [-0.2, 0) is 9.59 Å². The van der Waals surface area contributed by atoms with Crippen LogP contribution in [0.15, 0.2) is 66.7 Å². The minimum absolute atomic E-state index is 0.224. The Morgan fingerprint density at radius 3 is 2.05 bits per heavy atom. The van der Waals surface area contributed by atoms with Crippen molar-refractivity contribution in [3.8, 4) is 0 Å². The summed E-state index contributed by atoms with van der Waals surface area (Å²) in [6.45, 7) is 0. The molecule has 0 bridgehead atoms. The highest BCUT2D eigenvalue weighted by Gasteiger charge is 1.98. The van der Waals surface area contributed by atoms with Crippen molar-refractivity contribution in [1.29, 1.82) is 0 Å². The molecular formula is C18H15NO3. The molecule has 2 N–H and O–H groups in total. The molecule has 0 heterocycles. The summed E-state index contributed by atoms with van der Waals surface area (Å²) in [4.78, 5) is 22.2. The highest BCUT2D eigenvalue weighted by molar-refractivity contribution is 6.02. The predicted molar refractivity (Wildman–Crippen MR) is 87.2 cm³/mol. The van der Waals surface area contributed by atoms with Gasteiger partial charge in [-0.05, 0) is 35.4 Å². The molecule has 4 heteroatoms. The maximum Gasteiger partial charge on any atom is 0.328 e. The normalized spacial score (nSPS) is 10.9. The number of nitrogens with one attached hydrogen (secondary N) is 1. The summed E-state index contributed by atoms with van der Waals surface area (Å²) in [7, 11) is 0. The number of amides is 1. The Balaban J connectivity index is 1.94. The molecule has 1 amide bonds. The molecule has 2 aromatic carbocycles. The summed E-state index contributed by atoms with van der Waals surface area (Å²) in [5.41, 5.74) is 2.35. The fraction of sp³-hybridized carbons (Fsp3) is 0. The molecule has 4 nitrogen and oxygen atoms in total. The Morgan fingerprint density at radius 1 is 0.818 bits per heavy atom. The van der Waals surface area contributed by atoms with E-state index < -0.39 is 5.97 Å². The summed E-state index contributed by atoms with van der Waals surface area (Å²) in [6, 6.07) is 16.4. The van der Waals surface area contributed by atoms with Gasteiger partial charge < -0.3 is 10.4 Å². The first-order valence-electron chi connectivity index (χ1n) is 6.69. The molecule has 110 valence electrons. The molecule has 0 saturated heterocycles. The second kappa shape index (κ2) is 7.59. The molecule has 2 rings (SSSR count). The van der Waals surface area contributed by atoms with Crippen LogP contribution in [0.3, 0.4) is 0 Å². The Bertz CT molecular complexity index is 701. The molecule has 0 saturated carbocycles. The molecule has 0 aliphatic heterocycles. The molecule has 0 unspecified atom stereocenters. The average molecular weight is 293 g/mol. The summed E-state index contributed by atoms with van der Waals surface area (Å²) in [5.74, 6) is -1.22. The average Bonchev–Trinajstić information content (AvgIpc) is 2.53. The van der Waals surface area contributed by atoms with Crippen LogP contribution in [0.4, 0.5) is 5.69 Å². The number of carbonyl (C=O) groups is 2. The second-order valence-corrected chi connectivity index (χ2v) is 4.53. The molecule has 0 atom stereocenters. The quantitative estimate of drug-likeness (QED) is 0.830. The van der Waals surface area contributed by atoms with Crippen LogP contribution in [-0.4, -0.2) is 17.0 Å². The van der Waals surface area contributed by atoms with Gasteiger partial charge >= 0.3 is 5.97 Å². The van der Waals surface area contributed by atoms with Crippen molar-refractivity contribution in [3.05, 3.63) is 77.9 Å². The van der Waals surface area contributed by atoms with Crippen LogP contribution in [0.1, 0.15) is 11.1 Å². The first kappa shape index (κ1) is 15.3. The van der Waals surface area contributed by atoms with Crippen molar-refractivity contribution < 1.29 is 14.7 Å². The van der Waals surface area contributed by atoms with E-state index in [0.717, 1.165) is 17.2 Å². The Hall–Kier alpha value is -3.14. The maximum absolute atomic E-state index is 11.8. The van der Waals surface area contributed by atoms with Crippen molar-refractivity contribution in [2.75, 3.05) is 5.32 Å². The van der Waals surface area contributed by atoms with Crippen LogP contribution >= 0.6 is 0 Å². The molecule has 22 heavy (non-hydrogen) atoms. The van der Waals surface area contributed by atoms with E-state index >= 15 is 0 Å². The van der Waals surface area contributed by atoms with Crippen LogP contribution in [0.25, 0.3) is 12.2 Å². The van der Waals surface area contributed by atoms with Crippen molar-refractivity contribution in [2.24, 2.45) is 0 Å². The summed E-state index contributed by atoms with van der Waals surface area (Å²) in [5, 5.41) is 11.3. The first-order valence-corrected chi connectivity index (χ1v) is 6.69. The van der Waals surface area contributed by atoms with Gasteiger partial charge in [-0.1, -0.05) is 42.5 Å². The summed E-state index contributed by atoms with van der Waals surface area (Å²) in [6.07, 6.45) is 5.76. The standard InChI is InChI=1S/C18H15NO3/c20-17(12-8-14-4-2-1-3-5-14)19-16-10-6-15(7-11-16)9-13-18(21)22/h1-13H,(H,19,20)(H,21,22). The third kappa shape index (κ3) is 5.09. The lowest BCUT2D eigenvalue weighted by Crippen LogP contribution is -2.07. The Labute approximate surface area is 128 Å². The van der Waals surface area contributed by atoms with Gasteiger partial charge in [0.2, 0.25) is 5.91 Å². The van der Waals surface area contributed by atoms with Crippen molar-refractivity contribution in [3.63, 3.8) is 0 Å². The van der Waals surface area contributed by atoms with Gasteiger partial charge in [-0.3, -0.25) is 4.79 Å². The molecule has 0 aromatic heterocycles. The monoisotopic (exact) mass is 293 g/mol. The third-order valence-electron chi connectivity index (χ3n) is 2.82. The van der Waals surface area contributed by atoms with Crippen LogP contribution in [0.5, 0.6) is 0 Å². The van der Waals surface area contributed by atoms with E-state index in [4.69, 9.17) is 5.11 Å². The van der Waals surface area contributed by atoms with E-state index in [1.807, 2.05) is 30.3 Å². The third-order valence-corrected chi connectivity index (χ3v) is 2.82. The number of carboxylic acids is 1. The van der Waals surface area contributed by atoms with Crippen molar-refractivity contribution >= 4 is 29.7 Å². The number of hydrogen-bond donors (Lipinski definition) is 2. The SMILES string of the molecule is O=C(O)C=Cc1ccc(NC(=O)C=Cc2ccccc2)cc1. The highest BCUT2D eigenvalue weighted by Crippen LogP contribution is 2.11. The highest BCUT2D eigenvalue weighted by atomic mass is 16.4. The van der Waals surface area contributed by atoms with Gasteiger partial charge in [0.1, 0.15) is 0 Å². The zero-order valence-electron chi connectivity index (χ0n) is 11.8. The number of anilines is 1. The molecule has 0 aliphatic rings. The predicted octanol–water partition coefficient (Wildman–Crippen LogP) is 3.44. The van der Waals surface area contributed by atoms with Gasteiger partial charge in [-0.15, -0.1) is 0 Å². The van der Waals surface area contributed by atoms with E-state index in [1.54, 1.807) is 30.3 Å². The topological polar surface area (TPSA) is 66.4 Å².